The summed E-state index contributed by atoms with van der Waals surface area (Å²) in [5.74, 6) is 4.38. The average molecular weight is 345 g/mol. The van der Waals surface area contributed by atoms with Crippen LogP contribution in [0.3, 0.4) is 0 Å². The Kier molecular flexibility index (Phi) is 4.14. The van der Waals surface area contributed by atoms with Gasteiger partial charge in [0, 0.05) is 12.6 Å². The molecule has 5 heterocycles. The van der Waals surface area contributed by atoms with Crippen LogP contribution in [0.5, 0.6) is 0 Å². The molecular formula is C18H17F2N3O2. The number of amides is 1. The minimum atomic E-state index is -2.73. The van der Waals surface area contributed by atoms with Crippen LogP contribution in [0, 0.1) is 17.8 Å². The summed E-state index contributed by atoms with van der Waals surface area (Å²) in [6.07, 6.45) is 0.759. The van der Waals surface area contributed by atoms with Crippen LogP contribution in [0.2, 0.25) is 0 Å². The first kappa shape index (κ1) is 16.0. The molecule has 0 radical (unpaired) electrons. The van der Waals surface area contributed by atoms with Crippen molar-refractivity contribution in [3.05, 3.63) is 29.7 Å². The van der Waals surface area contributed by atoms with Gasteiger partial charge >= 0.3 is 0 Å². The van der Waals surface area contributed by atoms with Gasteiger partial charge in [-0.25, -0.2) is 4.98 Å². The lowest BCUT2D eigenvalue weighted by molar-refractivity contribution is 0.0618. The lowest BCUT2D eigenvalue weighted by Crippen LogP contribution is -2.57. The van der Waals surface area contributed by atoms with E-state index in [4.69, 9.17) is 4.42 Å². The van der Waals surface area contributed by atoms with Gasteiger partial charge in [0.25, 0.3) is 12.3 Å². The number of carbonyl (C=O) groups is 1. The predicted octanol–water partition coefficient (Wildman–Crippen LogP) is 2.27. The first-order valence-corrected chi connectivity index (χ1v) is 8.31. The number of hydrogen-bond donors (Lipinski definition) is 1. The number of piperidine rings is 3. The molecule has 3 aliphatic heterocycles. The number of aromatic nitrogens is 1. The van der Waals surface area contributed by atoms with Gasteiger partial charge in [-0.1, -0.05) is 5.92 Å². The summed E-state index contributed by atoms with van der Waals surface area (Å²) >= 11 is 0. The molecule has 2 bridgehead atoms. The number of nitrogens with one attached hydrogen (secondary N) is 1. The second-order valence-corrected chi connectivity index (χ2v) is 6.48. The van der Waals surface area contributed by atoms with Crippen molar-refractivity contribution in [1.82, 2.24) is 15.2 Å². The summed E-state index contributed by atoms with van der Waals surface area (Å²) < 4.78 is 29.8. The number of hydrogen-bond acceptors (Lipinski definition) is 4. The first-order valence-electron chi connectivity index (χ1n) is 8.31. The third kappa shape index (κ3) is 3.22. The van der Waals surface area contributed by atoms with Crippen LogP contribution in [0.15, 0.2) is 22.8 Å². The van der Waals surface area contributed by atoms with Gasteiger partial charge in [0.15, 0.2) is 5.58 Å². The highest BCUT2D eigenvalue weighted by Crippen LogP contribution is 2.27. The maximum absolute atomic E-state index is 12.6. The van der Waals surface area contributed by atoms with Crippen LogP contribution in [0.1, 0.15) is 28.9 Å². The van der Waals surface area contributed by atoms with Gasteiger partial charge in [-0.15, -0.1) is 0 Å². The minimum absolute atomic E-state index is 0.134. The molecule has 7 heteroatoms. The van der Waals surface area contributed by atoms with E-state index >= 15 is 0 Å². The maximum Gasteiger partial charge on any atom is 0.299 e. The van der Waals surface area contributed by atoms with Crippen LogP contribution >= 0.6 is 0 Å². The molecular weight excluding hydrogens is 328 g/mol. The molecule has 3 aliphatic rings. The number of nitrogens with zero attached hydrogens (tertiary/aromatic N) is 2. The summed E-state index contributed by atoms with van der Waals surface area (Å²) in [5, 5.41) is 3.06. The van der Waals surface area contributed by atoms with E-state index < -0.39 is 6.43 Å². The normalized spacial score (nSPS) is 25.0. The fourth-order valence-electron chi connectivity index (χ4n) is 3.63. The predicted molar refractivity (Wildman–Crippen MR) is 87.3 cm³/mol. The van der Waals surface area contributed by atoms with Crippen molar-refractivity contribution in [2.45, 2.75) is 25.3 Å². The van der Waals surface area contributed by atoms with Crippen LogP contribution in [-0.4, -0.2) is 47.9 Å². The monoisotopic (exact) mass is 345 g/mol. The first-order chi connectivity index (χ1) is 12.1. The molecule has 0 aliphatic carbocycles. The van der Waals surface area contributed by atoms with Crippen molar-refractivity contribution in [2.24, 2.45) is 5.92 Å². The van der Waals surface area contributed by atoms with Crippen LogP contribution < -0.4 is 5.32 Å². The zero-order chi connectivity index (χ0) is 17.4. The number of pyridine rings is 1. The maximum atomic E-state index is 12.6. The molecule has 2 aromatic heterocycles. The Hall–Kier alpha value is -2.46. The van der Waals surface area contributed by atoms with Gasteiger partial charge in [-0.2, -0.15) is 8.78 Å². The van der Waals surface area contributed by atoms with E-state index in [0.29, 0.717) is 17.0 Å². The van der Waals surface area contributed by atoms with Gasteiger partial charge in [-0.3, -0.25) is 4.79 Å². The number of rotatable bonds is 2. The van der Waals surface area contributed by atoms with Gasteiger partial charge in [-0.05, 0) is 49.9 Å². The third-order valence-corrected chi connectivity index (χ3v) is 4.94. The Bertz CT molecular complexity index is 860. The van der Waals surface area contributed by atoms with Crippen LogP contribution in [0.4, 0.5) is 8.78 Å². The molecule has 0 spiro atoms. The van der Waals surface area contributed by atoms with E-state index in [1.165, 1.54) is 6.26 Å². The lowest BCUT2D eigenvalue weighted by atomic mass is 9.84. The zero-order valence-electron chi connectivity index (χ0n) is 13.5. The standard InChI is InChI=1S/C18H17F2N3O2/c19-16(20)4-1-12-10-25-15-3-2-13(21-17(12)15)18(24)22-14-9-23-7-5-11(14)6-8-23/h2-3,10-11,14,16H,5-9H2,(H,22,24). The second-order valence-electron chi connectivity index (χ2n) is 6.48. The molecule has 25 heavy (non-hydrogen) atoms. The molecule has 130 valence electrons. The molecule has 1 atom stereocenters. The van der Waals surface area contributed by atoms with E-state index in [1.807, 2.05) is 0 Å². The Morgan fingerprint density at radius 3 is 2.84 bits per heavy atom. The summed E-state index contributed by atoms with van der Waals surface area (Å²) in [6, 6.07) is 3.32. The van der Waals surface area contributed by atoms with E-state index in [2.05, 4.69) is 21.1 Å². The SMILES string of the molecule is O=C(NC1CN2CCC1CC2)c1ccc2occ(C#CC(F)F)c2n1. The molecule has 1 unspecified atom stereocenters. The van der Waals surface area contributed by atoms with E-state index in [9.17, 15) is 13.6 Å². The number of alkyl halides is 2. The highest BCUT2D eigenvalue weighted by molar-refractivity contribution is 5.95. The largest absolute Gasteiger partial charge is 0.461 e. The quantitative estimate of drug-likeness (QED) is 0.849. The third-order valence-electron chi connectivity index (χ3n) is 4.94. The fourth-order valence-corrected chi connectivity index (χ4v) is 3.63. The van der Waals surface area contributed by atoms with Crippen molar-refractivity contribution in [3.8, 4) is 11.8 Å². The molecule has 5 rings (SSSR count). The summed E-state index contributed by atoms with van der Waals surface area (Å²) in [5.41, 5.74) is 1.24. The fraction of sp³-hybridized carbons (Fsp3) is 0.444. The molecule has 1 amide bonds. The molecule has 3 fully saturated rings. The smallest absolute Gasteiger partial charge is 0.299 e. The number of halogens is 2. The van der Waals surface area contributed by atoms with Crippen molar-refractivity contribution >= 4 is 17.0 Å². The topological polar surface area (TPSA) is 58.4 Å². The molecule has 0 saturated carbocycles. The molecule has 3 saturated heterocycles. The van der Waals surface area contributed by atoms with Crippen molar-refractivity contribution < 1.29 is 18.0 Å². The van der Waals surface area contributed by atoms with Crippen LogP contribution in [-0.2, 0) is 0 Å². The van der Waals surface area contributed by atoms with Gasteiger partial charge in [0.05, 0.1) is 5.56 Å². The number of furan rings is 1. The van der Waals surface area contributed by atoms with Crippen molar-refractivity contribution in [3.63, 3.8) is 0 Å². The van der Waals surface area contributed by atoms with Crippen molar-refractivity contribution in [1.29, 1.82) is 0 Å². The molecule has 1 N–H and O–H groups in total. The average Bonchev–Trinajstić information content (AvgIpc) is 3.03. The molecule has 2 aromatic rings. The molecule has 0 aromatic carbocycles. The Morgan fingerprint density at radius 1 is 1.36 bits per heavy atom. The minimum Gasteiger partial charge on any atom is -0.461 e. The van der Waals surface area contributed by atoms with Gasteiger partial charge in [0.1, 0.15) is 17.5 Å². The highest BCUT2D eigenvalue weighted by atomic mass is 19.3. The van der Waals surface area contributed by atoms with E-state index in [1.54, 1.807) is 18.1 Å². The van der Waals surface area contributed by atoms with E-state index in [-0.39, 0.29) is 23.2 Å². The summed E-state index contributed by atoms with van der Waals surface area (Å²) in [6.45, 7) is 3.07. The van der Waals surface area contributed by atoms with Gasteiger partial charge in [0.2, 0.25) is 0 Å². The van der Waals surface area contributed by atoms with E-state index in [0.717, 1.165) is 32.5 Å². The highest BCUT2D eigenvalue weighted by Gasteiger charge is 2.35. The Labute approximate surface area is 143 Å². The number of carbonyl (C=O) groups excluding carboxylic acids is 1. The number of fused-ring (bicyclic) bond motifs is 4. The summed E-state index contributed by atoms with van der Waals surface area (Å²) in [4.78, 5) is 19.2. The van der Waals surface area contributed by atoms with Gasteiger partial charge < -0.3 is 14.6 Å². The Balaban J connectivity index is 1.55. The van der Waals surface area contributed by atoms with Crippen molar-refractivity contribution in [2.75, 3.05) is 19.6 Å². The Morgan fingerprint density at radius 2 is 2.16 bits per heavy atom. The molecule has 5 nitrogen and oxygen atoms in total. The summed E-state index contributed by atoms with van der Waals surface area (Å²) in [7, 11) is 0. The van der Waals surface area contributed by atoms with Crippen LogP contribution in [0.25, 0.3) is 11.1 Å². The second kappa shape index (κ2) is 6.45. The zero-order valence-corrected chi connectivity index (χ0v) is 13.5. The lowest BCUT2D eigenvalue weighted by Gasteiger charge is -2.44.